The van der Waals surface area contributed by atoms with E-state index in [0.717, 1.165) is 28.0 Å². The van der Waals surface area contributed by atoms with Gasteiger partial charge >= 0.3 is 0 Å². The molecule has 3 rings (SSSR count). The maximum Gasteiger partial charge on any atom is 0.234 e. The summed E-state index contributed by atoms with van der Waals surface area (Å²) in [6.07, 6.45) is 0.795. The molecule has 0 aliphatic carbocycles. The van der Waals surface area contributed by atoms with Gasteiger partial charge in [-0.25, -0.2) is 5.43 Å². The Balaban J connectivity index is 1.90. The van der Waals surface area contributed by atoms with Crippen molar-refractivity contribution < 1.29 is 9.21 Å². The lowest BCUT2D eigenvalue weighted by Crippen LogP contribution is -2.37. The third-order valence-electron chi connectivity index (χ3n) is 3.74. The van der Waals surface area contributed by atoms with E-state index >= 15 is 0 Å². The van der Waals surface area contributed by atoms with Gasteiger partial charge in [-0.15, -0.1) is 0 Å². The number of hydrogen-bond donors (Lipinski definition) is 1. The van der Waals surface area contributed by atoms with E-state index in [4.69, 9.17) is 4.42 Å². The number of amides is 1. The zero-order valence-electron chi connectivity index (χ0n) is 12.0. The summed E-state index contributed by atoms with van der Waals surface area (Å²) in [7, 11) is 0. The summed E-state index contributed by atoms with van der Waals surface area (Å²) in [6.45, 7) is 3.50. The summed E-state index contributed by atoms with van der Waals surface area (Å²) in [4.78, 5) is 11.9. The number of nitrogens with zero attached hydrogens (tertiary/aromatic N) is 1. The van der Waals surface area contributed by atoms with Crippen LogP contribution in [0.25, 0.3) is 0 Å². The fraction of sp³-hybridized carbons (Fsp3) is 0.312. The van der Waals surface area contributed by atoms with Gasteiger partial charge in [-0.2, -0.15) is 0 Å². The first-order valence-corrected chi connectivity index (χ1v) is 7.71. The van der Waals surface area contributed by atoms with Crippen molar-refractivity contribution in [1.29, 1.82) is 0 Å². The van der Waals surface area contributed by atoms with Crippen LogP contribution in [0.2, 0.25) is 0 Å². The van der Waals surface area contributed by atoms with Crippen LogP contribution < -0.4 is 5.43 Å². The minimum atomic E-state index is 0.00533. The number of carbonyl (C=O) groups excluding carboxylic acids is 1. The normalized spacial score (nSPS) is 21.8. The summed E-state index contributed by atoms with van der Waals surface area (Å²) in [5, 5.41) is 1.70. The second-order valence-electron chi connectivity index (χ2n) is 5.33. The van der Waals surface area contributed by atoms with Gasteiger partial charge in [0.15, 0.2) is 0 Å². The topological polar surface area (TPSA) is 45.5 Å². The van der Waals surface area contributed by atoms with E-state index in [9.17, 15) is 4.79 Å². The summed E-state index contributed by atoms with van der Waals surface area (Å²) < 4.78 is 6.71. The molecule has 1 amide bonds. The number of nitrogens with one attached hydrogen (secondary N) is 1. The van der Waals surface area contributed by atoms with E-state index in [1.807, 2.05) is 37.3 Å². The number of benzene rings is 1. The fourth-order valence-corrected chi connectivity index (χ4v) is 3.19. The standard InChI is InChI=1S/C16H17BrN2O2/c1-10-6-7-16(21-10)14-9-15(19(18-14)11(2)20)12-4-3-5-13(17)8-12/h3-8,14-15,18H,9H2,1-2H3. The van der Waals surface area contributed by atoms with Crippen molar-refractivity contribution in [1.82, 2.24) is 10.4 Å². The van der Waals surface area contributed by atoms with Gasteiger partial charge in [-0.1, -0.05) is 28.1 Å². The Morgan fingerprint density at radius 2 is 2.19 bits per heavy atom. The summed E-state index contributed by atoms with van der Waals surface area (Å²) in [5.41, 5.74) is 4.37. The Labute approximate surface area is 132 Å². The largest absolute Gasteiger partial charge is 0.465 e. The number of aryl methyl sites for hydroxylation is 1. The number of furan rings is 1. The van der Waals surface area contributed by atoms with Crippen molar-refractivity contribution in [3.8, 4) is 0 Å². The van der Waals surface area contributed by atoms with Gasteiger partial charge in [-0.05, 0) is 43.2 Å². The van der Waals surface area contributed by atoms with E-state index < -0.39 is 0 Å². The van der Waals surface area contributed by atoms with Gasteiger partial charge in [0.25, 0.3) is 0 Å². The molecule has 1 aromatic heterocycles. The molecule has 110 valence electrons. The monoisotopic (exact) mass is 348 g/mol. The molecule has 21 heavy (non-hydrogen) atoms. The second kappa shape index (κ2) is 5.66. The molecule has 4 nitrogen and oxygen atoms in total. The highest BCUT2D eigenvalue weighted by Gasteiger charge is 2.36. The molecule has 0 saturated carbocycles. The molecule has 1 saturated heterocycles. The van der Waals surface area contributed by atoms with E-state index in [1.54, 1.807) is 11.9 Å². The third-order valence-corrected chi connectivity index (χ3v) is 4.24. The predicted octanol–water partition coefficient (Wildman–Crippen LogP) is 3.89. The molecule has 2 atom stereocenters. The number of hydrazine groups is 1. The Bertz CT molecular complexity index is 668. The summed E-state index contributed by atoms with van der Waals surface area (Å²) in [6, 6.07) is 12.0. The van der Waals surface area contributed by atoms with Crippen molar-refractivity contribution in [3.63, 3.8) is 0 Å². The molecule has 1 aliphatic heterocycles. The van der Waals surface area contributed by atoms with Crippen LogP contribution in [-0.2, 0) is 4.79 Å². The maximum atomic E-state index is 11.9. The second-order valence-corrected chi connectivity index (χ2v) is 6.24. The Hall–Kier alpha value is -1.59. The molecule has 1 aliphatic rings. The molecule has 0 spiro atoms. The van der Waals surface area contributed by atoms with E-state index in [-0.39, 0.29) is 18.0 Å². The molecule has 0 radical (unpaired) electrons. The van der Waals surface area contributed by atoms with Gasteiger partial charge in [0.05, 0.1) is 12.1 Å². The Morgan fingerprint density at radius 1 is 1.38 bits per heavy atom. The molecule has 5 heteroatoms. The maximum absolute atomic E-state index is 11.9. The third kappa shape index (κ3) is 2.89. The van der Waals surface area contributed by atoms with Gasteiger partial charge < -0.3 is 4.42 Å². The lowest BCUT2D eigenvalue weighted by Gasteiger charge is -2.23. The molecule has 2 heterocycles. The van der Waals surface area contributed by atoms with E-state index in [1.165, 1.54) is 0 Å². The van der Waals surface area contributed by atoms with Gasteiger partial charge in [0.1, 0.15) is 11.5 Å². The lowest BCUT2D eigenvalue weighted by atomic mass is 10.0. The van der Waals surface area contributed by atoms with Gasteiger partial charge in [0, 0.05) is 11.4 Å². The van der Waals surface area contributed by atoms with Crippen LogP contribution in [0.5, 0.6) is 0 Å². The predicted molar refractivity (Wildman–Crippen MR) is 83.3 cm³/mol. The first-order chi connectivity index (χ1) is 10.0. The molecule has 0 bridgehead atoms. The van der Waals surface area contributed by atoms with Crippen molar-refractivity contribution in [2.75, 3.05) is 0 Å². The van der Waals surface area contributed by atoms with Gasteiger partial charge in [-0.3, -0.25) is 9.80 Å². The number of rotatable bonds is 2. The highest BCUT2D eigenvalue weighted by molar-refractivity contribution is 9.10. The zero-order chi connectivity index (χ0) is 15.0. The van der Waals surface area contributed by atoms with E-state index in [2.05, 4.69) is 27.4 Å². The highest BCUT2D eigenvalue weighted by atomic mass is 79.9. The molecule has 2 aromatic rings. The van der Waals surface area contributed by atoms with Crippen LogP contribution in [0.4, 0.5) is 0 Å². The van der Waals surface area contributed by atoms with Crippen molar-refractivity contribution in [3.05, 3.63) is 58.0 Å². The lowest BCUT2D eigenvalue weighted by molar-refractivity contribution is -0.133. The first kappa shape index (κ1) is 14.4. The average Bonchev–Trinajstić information content (AvgIpc) is 3.04. The van der Waals surface area contributed by atoms with Crippen molar-refractivity contribution >= 4 is 21.8 Å². The summed E-state index contributed by atoms with van der Waals surface area (Å²) in [5.74, 6) is 1.76. The number of hydrogen-bond acceptors (Lipinski definition) is 3. The average molecular weight is 349 g/mol. The molecule has 2 unspecified atom stereocenters. The van der Waals surface area contributed by atoms with E-state index in [0.29, 0.717) is 0 Å². The van der Waals surface area contributed by atoms with Crippen LogP contribution >= 0.6 is 15.9 Å². The van der Waals surface area contributed by atoms with Crippen molar-refractivity contribution in [2.24, 2.45) is 0 Å². The fourth-order valence-electron chi connectivity index (χ4n) is 2.77. The SMILES string of the molecule is CC(=O)N1NC(c2ccc(C)o2)CC1c1cccc(Br)c1. The van der Waals surface area contributed by atoms with Crippen LogP contribution in [0.1, 0.15) is 42.5 Å². The van der Waals surface area contributed by atoms with Crippen molar-refractivity contribution in [2.45, 2.75) is 32.4 Å². The summed E-state index contributed by atoms with van der Waals surface area (Å²) >= 11 is 3.49. The van der Waals surface area contributed by atoms with Crippen LogP contribution in [0, 0.1) is 6.92 Å². The zero-order valence-corrected chi connectivity index (χ0v) is 13.6. The minimum Gasteiger partial charge on any atom is -0.465 e. The molecular weight excluding hydrogens is 332 g/mol. The first-order valence-electron chi connectivity index (χ1n) is 6.92. The Kier molecular flexibility index (Phi) is 3.87. The molecular formula is C16H17BrN2O2. The van der Waals surface area contributed by atoms with Crippen LogP contribution in [0.15, 0.2) is 45.3 Å². The Morgan fingerprint density at radius 3 is 2.81 bits per heavy atom. The number of halogens is 1. The smallest absolute Gasteiger partial charge is 0.234 e. The molecule has 1 fully saturated rings. The quantitative estimate of drug-likeness (QED) is 0.895. The minimum absolute atomic E-state index is 0.00533. The molecule has 1 aromatic carbocycles. The van der Waals surface area contributed by atoms with Crippen LogP contribution in [-0.4, -0.2) is 10.9 Å². The number of carbonyl (C=O) groups is 1. The van der Waals surface area contributed by atoms with Crippen LogP contribution in [0.3, 0.4) is 0 Å². The highest BCUT2D eigenvalue weighted by Crippen LogP contribution is 2.38. The van der Waals surface area contributed by atoms with Gasteiger partial charge in [0.2, 0.25) is 5.91 Å². The molecule has 1 N–H and O–H groups in total.